The highest BCUT2D eigenvalue weighted by Crippen LogP contribution is 2.15. The summed E-state index contributed by atoms with van der Waals surface area (Å²) in [7, 11) is 5.94. The molecule has 2 heterocycles. The summed E-state index contributed by atoms with van der Waals surface area (Å²) in [5.74, 6) is 0.919. The Bertz CT molecular complexity index is 589. The quantitative estimate of drug-likeness (QED) is 0.649. The van der Waals surface area contributed by atoms with E-state index in [-0.39, 0.29) is 0 Å². The fraction of sp³-hybridized carbons (Fsp3) is 0.400. The molecule has 21 heavy (non-hydrogen) atoms. The van der Waals surface area contributed by atoms with Crippen LogP contribution in [0, 0.1) is 0 Å². The maximum atomic E-state index is 4.35. The minimum atomic E-state index is 0.820. The molecule has 0 aliphatic heterocycles. The lowest BCUT2D eigenvalue weighted by Crippen LogP contribution is -2.39. The fourth-order valence-electron chi connectivity index (χ4n) is 2.18. The number of aryl methyl sites for hydroxylation is 1. The lowest BCUT2D eigenvalue weighted by Gasteiger charge is -2.22. The molecule has 0 fully saturated rings. The average molecular weight is 369 g/mol. The van der Waals surface area contributed by atoms with Crippen LogP contribution in [0.5, 0.6) is 0 Å². The SMILES string of the molecule is CN=C(NCCc1ccsc1)N(C)Cc1cc(Br)cn1C. The molecule has 0 aliphatic carbocycles. The number of rotatable bonds is 5. The van der Waals surface area contributed by atoms with E-state index in [1.54, 1.807) is 11.3 Å². The lowest BCUT2D eigenvalue weighted by atomic mass is 10.2. The summed E-state index contributed by atoms with van der Waals surface area (Å²) >= 11 is 5.25. The van der Waals surface area contributed by atoms with Crippen LogP contribution in [0.4, 0.5) is 0 Å². The first-order valence-corrected chi connectivity index (χ1v) is 8.57. The maximum absolute atomic E-state index is 4.35. The van der Waals surface area contributed by atoms with Crippen molar-refractivity contribution >= 4 is 33.2 Å². The minimum Gasteiger partial charge on any atom is -0.356 e. The molecule has 1 N–H and O–H groups in total. The van der Waals surface area contributed by atoms with Crippen molar-refractivity contribution in [2.75, 3.05) is 20.6 Å². The molecule has 6 heteroatoms. The molecule has 0 spiro atoms. The van der Waals surface area contributed by atoms with Crippen LogP contribution in [0.2, 0.25) is 0 Å². The second-order valence-corrected chi connectivity index (χ2v) is 6.67. The second-order valence-electron chi connectivity index (χ2n) is 4.97. The predicted molar refractivity (Wildman–Crippen MR) is 94.0 cm³/mol. The van der Waals surface area contributed by atoms with E-state index in [0.717, 1.165) is 29.9 Å². The highest BCUT2D eigenvalue weighted by molar-refractivity contribution is 9.10. The third-order valence-electron chi connectivity index (χ3n) is 3.32. The molecule has 0 unspecified atom stereocenters. The maximum Gasteiger partial charge on any atom is 0.193 e. The number of thiophene rings is 1. The molecule has 2 aromatic heterocycles. The van der Waals surface area contributed by atoms with Crippen molar-refractivity contribution in [1.29, 1.82) is 0 Å². The van der Waals surface area contributed by atoms with E-state index in [2.05, 4.69) is 78.9 Å². The number of hydrogen-bond acceptors (Lipinski definition) is 2. The van der Waals surface area contributed by atoms with Gasteiger partial charge in [-0.15, -0.1) is 0 Å². The molecule has 114 valence electrons. The van der Waals surface area contributed by atoms with Crippen molar-refractivity contribution in [1.82, 2.24) is 14.8 Å². The van der Waals surface area contributed by atoms with Gasteiger partial charge in [0.25, 0.3) is 0 Å². The molecule has 0 radical (unpaired) electrons. The summed E-state index contributed by atoms with van der Waals surface area (Å²) in [6.45, 7) is 1.71. The van der Waals surface area contributed by atoms with Gasteiger partial charge in [-0.3, -0.25) is 4.99 Å². The van der Waals surface area contributed by atoms with E-state index in [0.29, 0.717) is 0 Å². The summed E-state index contributed by atoms with van der Waals surface area (Å²) < 4.78 is 3.23. The number of hydrogen-bond donors (Lipinski definition) is 1. The lowest BCUT2D eigenvalue weighted by molar-refractivity contribution is 0.462. The van der Waals surface area contributed by atoms with Gasteiger partial charge in [-0.2, -0.15) is 11.3 Å². The van der Waals surface area contributed by atoms with Gasteiger partial charge < -0.3 is 14.8 Å². The van der Waals surface area contributed by atoms with Crippen LogP contribution in [-0.2, 0) is 20.0 Å². The van der Waals surface area contributed by atoms with Crippen LogP contribution < -0.4 is 5.32 Å². The topological polar surface area (TPSA) is 32.6 Å². The zero-order chi connectivity index (χ0) is 15.2. The summed E-state index contributed by atoms with van der Waals surface area (Å²) in [6.07, 6.45) is 3.09. The van der Waals surface area contributed by atoms with Crippen LogP contribution in [0.3, 0.4) is 0 Å². The molecule has 4 nitrogen and oxygen atoms in total. The number of halogens is 1. The Hall–Kier alpha value is -1.27. The monoisotopic (exact) mass is 368 g/mol. The van der Waals surface area contributed by atoms with Gasteiger partial charge in [-0.1, -0.05) is 0 Å². The molecule has 0 saturated heterocycles. The summed E-state index contributed by atoms with van der Waals surface area (Å²) in [5, 5.41) is 7.72. The van der Waals surface area contributed by atoms with E-state index in [4.69, 9.17) is 0 Å². The normalized spacial score (nSPS) is 11.7. The molecule has 0 amide bonds. The van der Waals surface area contributed by atoms with Gasteiger partial charge in [0.1, 0.15) is 0 Å². The summed E-state index contributed by atoms with van der Waals surface area (Å²) in [6, 6.07) is 4.30. The van der Waals surface area contributed by atoms with E-state index in [1.807, 2.05) is 7.05 Å². The third kappa shape index (κ3) is 4.61. The number of nitrogens with one attached hydrogen (secondary N) is 1. The Kier molecular flexibility index (Phi) is 5.87. The van der Waals surface area contributed by atoms with Gasteiger partial charge >= 0.3 is 0 Å². The van der Waals surface area contributed by atoms with Gasteiger partial charge in [0.15, 0.2) is 5.96 Å². The van der Waals surface area contributed by atoms with Gasteiger partial charge in [0, 0.05) is 44.1 Å². The smallest absolute Gasteiger partial charge is 0.193 e. The molecule has 0 saturated carbocycles. The molecule has 2 rings (SSSR count). The van der Waals surface area contributed by atoms with E-state index in [9.17, 15) is 0 Å². The van der Waals surface area contributed by atoms with Crippen LogP contribution in [0.15, 0.2) is 38.6 Å². The second kappa shape index (κ2) is 7.66. The Morgan fingerprint density at radius 3 is 2.90 bits per heavy atom. The Morgan fingerprint density at radius 2 is 2.33 bits per heavy atom. The van der Waals surface area contributed by atoms with Crippen molar-refractivity contribution in [2.24, 2.45) is 12.0 Å². The number of aromatic nitrogens is 1. The molecular formula is C15H21BrN4S. The molecular weight excluding hydrogens is 348 g/mol. The van der Waals surface area contributed by atoms with Crippen molar-refractivity contribution in [3.8, 4) is 0 Å². The highest BCUT2D eigenvalue weighted by Gasteiger charge is 2.09. The van der Waals surface area contributed by atoms with Gasteiger partial charge in [0.2, 0.25) is 0 Å². The zero-order valence-electron chi connectivity index (χ0n) is 12.6. The zero-order valence-corrected chi connectivity index (χ0v) is 15.0. The van der Waals surface area contributed by atoms with E-state index in [1.165, 1.54) is 11.3 Å². The molecule has 0 aliphatic rings. The fourth-order valence-corrected chi connectivity index (χ4v) is 3.45. The third-order valence-corrected chi connectivity index (χ3v) is 4.49. The Balaban J connectivity index is 1.86. The van der Waals surface area contributed by atoms with Gasteiger partial charge in [-0.25, -0.2) is 0 Å². The number of nitrogens with zero attached hydrogens (tertiary/aromatic N) is 3. The first-order chi connectivity index (χ1) is 10.1. The number of aliphatic imine (C=N–C) groups is 1. The standard InChI is InChI=1S/C15H21BrN4S/c1-17-15(18-6-4-12-5-7-21-11-12)20(3)10-14-8-13(16)9-19(14)2/h5,7-9,11H,4,6,10H2,1-3H3,(H,17,18). The van der Waals surface area contributed by atoms with Crippen LogP contribution >= 0.6 is 27.3 Å². The van der Waals surface area contributed by atoms with Crippen LogP contribution in [-0.4, -0.2) is 36.1 Å². The van der Waals surface area contributed by atoms with Gasteiger partial charge in [0.05, 0.1) is 6.54 Å². The van der Waals surface area contributed by atoms with Crippen LogP contribution in [0.25, 0.3) is 0 Å². The largest absolute Gasteiger partial charge is 0.356 e. The van der Waals surface area contributed by atoms with Crippen molar-refractivity contribution in [3.63, 3.8) is 0 Å². The van der Waals surface area contributed by atoms with Crippen molar-refractivity contribution in [2.45, 2.75) is 13.0 Å². The van der Waals surface area contributed by atoms with E-state index >= 15 is 0 Å². The number of guanidine groups is 1. The molecule has 0 bridgehead atoms. The van der Waals surface area contributed by atoms with Crippen LogP contribution in [0.1, 0.15) is 11.3 Å². The van der Waals surface area contributed by atoms with Gasteiger partial charge in [-0.05, 0) is 50.8 Å². The van der Waals surface area contributed by atoms with Crippen molar-refractivity contribution in [3.05, 3.63) is 44.8 Å². The minimum absolute atomic E-state index is 0.820. The molecule has 0 aromatic carbocycles. The summed E-state index contributed by atoms with van der Waals surface area (Å²) in [4.78, 5) is 6.49. The first kappa shape index (κ1) is 16.1. The Morgan fingerprint density at radius 1 is 1.52 bits per heavy atom. The predicted octanol–water partition coefficient (Wildman–Crippen LogP) is 3.10. The van der Waals surface area contributed by atoms with Crippen molar-refractivity contribution < 1.29 is 0 Å². The summed E-state index contributed by atoms with van der Waals surface area (Å²) in [5.41, 5.74) is 2.61. The highest BCUT2D eigenvalue weighted by atomic mass is 79.9. The average Bonchev–Trinajstić information content (AvgIpc) is 3.05. The molecule has 2 aromatic rings. The Labute approximate surface area is 138 Å². The first-order valence-electron chi connectivity index (χ1n) is 6.83. The molecule has 0 atom stereocenters. The van der Waals surface area contributed by atoms with E-state index < -0.39 is 0 Å².